The average molecular weight is 178 g/mol. The molecule has 0 aliphatic carbocycles. The maximum absolute atomic E-state index is 10.7. The number of aliphatic carboxylic acids is 1. The minimum absolute atomic E-state index is 0.785. The zero-order chi connectivity index (χ0) is 9.72. The molecule has 0 aliphatic rings. The molecule has 0 amide bonds. The molecule has 2 atom stereocenters. The van der Waals surface area contributed by atoms with E-state index in [0.717, 1.165) is 0 Å². The molecule has 0 fully saturated rings. The van der Waals surface area contributed by atoms with E-state index >= 15 is 0 Å². The maximum Gasteiger partial charge on any atom is 0.310 e. The van der Waals surface area contributed by atoms with Crippen molar-refractivity contribution in [3.8, 4) is 0 Å². The van der Waals surface area contributed by atoms with Gasteiger partial charge in [0.1, 0.15) is 18.6 Å². The SMILES string of the molecule is O=C(O)CC(=O)[C@H](O)[C@H](O)CO. The first-order chi connectivity index (χ1) is 5.49. The molecular weight excluding hydrogens is 168 g/mol. The second-order valence-electron chi connectivity index (χ2n) is 2.23. The van der Waals surface area contributed by atoms with Gasteiger partial charge in [0.15, 0.2) is 5.78 Å². The van der Waals surface area contributed by atoms with Crippen LogP contribution in [0.5, 0.6) is 0 Å². The van der Waals surface area contributed by atoms with Crippen LogP contribution < -0.4 is 0 Å². The summed E-state index contributed by atoms with van der Waals surface area (Å²) in [7, 11) is 0. The summed E-state index contributed by atoms with van der Waals surface area (Å²) in [6.45, 7) is -0.785. The number of hydrogen-bond acceptors (Lipinski definition) is 5. The molecule has 0 aromatic carbocycles. The Morgan fingerprint density at radius 1 is 1.25 bits per heavy atom. The Labute approximate surface area is 68.1 Å². The van der Waals surface area contributed by atoms with Crippen LogP contribution in [0.4, 0.5) is 0 Å². The van der Waals surface area contributed by atoms with E-state index in [-0.39, 0.29) is 0 Å². The molecule has 0 aromatic rings. The van der Waals surface area contributed by atoms with Gasteiger partial charge in [-0.15, -0.1) is 0 Å². The quantitative estimate of drug-likeness (QED) is 0.353. The third kappa shape index (κ3) is 3.42. The Morgan fingerprint density at radius 2 is 1.75 bits per heavy atom. The van der Waals surface area contributed by atoms with E-state index < -0.39 is 37.0 Å². The van der Waals surface area contributed by atoms with Crippen LogP contribution in [0.3, 0.4) is 0 Å². The molecular formula is C6H10O6. The summed E-state index contributed by atoms with van der Waals surface area (Å²) in [5.41, 5.74) is 0. The highest BCUT2D eigenvalue weighted by molar-refractivity contribution is 5.97. The van der Waals surface area contributed by atoms with E-state index in [2.05, 4.69) is 0 Å². The Morgan fingerprint density at radius 3 is 2.08 bits per heavy atom. The van der Waals surface area contributed by atoms with Crippen molar-refractivity contribution >= 4 is 11.8 Å². The molecule has 0 aromatic heterocycles. The maximum atomic E-state index is 10.7. The van der Waals surface area contributed by atoms with Gasteiger partial charge in [-0.05, 0) is 0 Å². The van der Waals surface area contributed by atoms with E-state index in [4.69, 9.17) is 20.4 Å². The molecule has 0 saturated heterocycles. The Kier molecular flexibility index (Phi) is 4.42. The van der Waals surface area contributed by atoms with Crippen LogP contribution in [0, 0.1) is 0 Å². The molecule has 70 valence electrons. The number of aliphatic hydroxyl groups excluding tert-OH is 3. The van der Waals surface area contributed by atoms with Gasteiger partial charge in [-0.1, -0.05) is 0 Å². The third-order valence-electron chi connectivity index (χ3n) is 1.21. The molecule has 0 radical (unpaired) electrons. The fourth-order valence-corrected chi connectivity index (χ4v) is 0.568. The molecule has 12 heavy (non-hydrogen) atoms. The van der Waals surface area contributed by atoms with Gasteiger partial charge < -0.3 is 20.4 Å². The smallest absolute Gasteiger partial charge is 0.310 e. The molecule has 0 saturated carbocycles. The summed E-state index contributed by atoms with van der Waals surface area (Å²) in [4.78, 5) is 20.6. The largest absolute Gasteiger partial charge is 0.481 e. The van der Waals surface area contributed by atoms with Crippen molar-refractivity contribution in [2.24, 2.45) is 0 Å². The third-order valence-corrected chi connectivity index (χ3v) is 1.21. The highest BCUT2D eigenvalue weighted by Crippen LogP contribution is 1.97. The Bertz CT molecular complexity index is 177. The lowest BCUT2D eigenvalue weighted by atomic mass is 10.1. The number of carbonyl (C=O) groups excluding carboxylic acids is 1. The van der Waals surface area contributed by atoms with E-state index in [9.17, 15) is 9.59 Å². The summed E-state index contributed by atoms with van der Waals surface area (Å²) < 4.78 is 0. The van der Waals surface area contributed by atoms with Gasteiger partial charge in [0.25, 0.3) is 0 Å². The van der Waals surface area contributed by atoms with Crippen LogP contribution in [0.2, 0.25) is 0 Å². The normalized spacial score (nSPS) is 15.2. The molecule has 0 heterocycles. The first-order valence-electron chi connectivity index (χ1n) is 3.20. The van der Waals surface area contributed by atoms with Crippen LogP contribution in [0.1, 0.15) is 6.42 Å². The van der Waals surface area contributed by atoms with Crippen LogP contribution in [0.25, 0.3) is 0 Å². The minimum Gasteiger partial charge on any atom is -0.481 e. The predicted octanol–water partition coefficient (Wildman–Crippen LogP) is -2.26. The second-order valence-corrected chi connectivity index (χ2v) is 2.23. The van der Waals surface area contributed by atoms with Gasteiger partial charge in [0.05, 0.1) is 6.61 Å². The van der Waals surface area contributed by atoms with Crippen molar-refractivity contribution in [1.29, 1.82) is 0 Å². The lowest BCUT2D eigenvalue weighted by molar-refractivity contribution is -0.145. The van der Waals surface area contributed by atoms with Gasteiger partial charge in [-0.2, -0.15) is 0 Å². The van der Waals surface area contributed by atoms with Gasteiger partial charge in [0, 0.05) is 0 Å². The fourth-order valence-electron chi connectivity index (χ4n) is 0.568. The zero-order valence-corrected chi connectivity index (χ0v) is 6.17. The molecule has 6 heteroatoms. The second kappa shape index (κ2) is 4.81. The summed E-state index contributed by atoms with van der Waals surface area (Å²) in [5, 5.41) is 33.9. The molecule has 0 aliphatic heterocycles. The Hall–Kier alpha value is -0.980. The number of aliphatic hydroxyl groups is 3. The van der Waals surface area contributed by atoms with Crippen LogP contribution in [-0.4, -0.2) is 51.0 Å². The van der Waals surface area contributed by atoms with E-state index in [1.54, 1.807) is 0 Å². The number of ketones is 1. The number of carboxylic acid groups (broad SMARTS) is 1. The molecule has 6 nitrogen and oxygen atoms in total. The molecule has 4 N–H and O–H groups in total. The van der Waals surface area contributed by atoms with Crippen LogP contribution >= 0.6 is 0 Å². The fraction of sp³-hybridized carbons (Fsp3) is 0.667. The van der Waals surface area contributed by atoms with Crippen molar-refractivity contribution in [1.82, 2.24) is 0 Å². The molecule has 0 spiro atoms. The van der Waals surface area contributed by atoms with Gasteiger partial charge in [0.2, 0.25) is 0 Å². The number of hydrogen-bond donors (Lipinski definition) is 4. The monoisotopic (exact) mass is 178 g/mol. The van der Waals surface area contributed by atoms with E-state index in [0.29, 0.717) is 0 Å². The van der Waals surface area contributed by atoms with Crippen molar-refractivity contribution in [3.05, 3.63) is 0 Å². The number of rotatable bonds is 5. The molecule has 0 rings (SSSR count). The summed E-state index contributed by atoms with van der Waals surface area (Å²) >= 11 is 0. The summed E-state index contributed by atoms with van der Waals surface area (Å²) in [5.74, 6) is -2.41. The first kappa shape index (κ1) is 11.0. The van der Waals surface area contributed by atoms with Gasteiger partial charge in [-0.3, -0.25) is 9.59 Å². The van der Waals surface area contributed by atoms with E-state index in [1.807, 2.05) is 0 Å². The highest BCUT2D eigenvalue weighted by atomic mass is 16.4. The zero-order valence-electron chi connectivity index (χ0n) is 6.17. The van der Waals surface area contributed by atoms with E-state index in [1.165, 1.54) is 0 Å². The van der Waals surface area contributed by atoms with Gasteiger partial charge >= 0.3 is 5.97 Å². The Balaban J connectivity index is 4.01. The summed E-state index contributed by atoms with van der Waals surface area (Å²) in [6, 6.07) is 0. The van der Waals surface area contributed by atoms with Crippen molar-refractivity contribution in [2.45, 2.75) is 18.6 Å². The van der Waals surface area contributed by atoms with Crippen molar-refractivity contribution in [2.75, 3.05) is 6.61 Å². The average Bonchev–Trinajstić information content (AvgIpc) is 2.00. The predicted molar refractivity (Wildman–Crippen MR) is 36.4 cm³/mol. The standard InChI is InChI=1S/C6H10O6/c7-2-4(9)6(12)3(8)1-5(10)11/h4,6-7,9,12H,1-2H2,(H,10,11)/t4-,6+/m1/s1. The lowest BCUT2D eigenvalue weighted by Crippen LogP contribution is -2.37. The number of carbonyl (C=O) groups is 2. The highest BCUT2D eigenvalue weighted by Gasteiger charge is 2.24. The minimum atomic E-state index is -1.83. The molecule has 0 bridgehead atoms. The van der Waals surface area contributed by atoms with Gasteiger partial charge in [-0.25, -0.2) is 0 Å². The first-order valence-corrected chi connectivity index (χ1v) is 3.20. The van der Waals surface area contributed by atoms with Crippen molar-refractivity contribution < 1.29 is 30.0 Å². The molecule has 0 unspecified atom stereocenters. The van der Waals surface area contributed by atoms with Crippen LogP contribution in [0.15, 0.2) is 0 Å². The lowest BCUT2D eigenvalue weighted by Gasteiger charge is -2.12. The number of carboxylic acids is 1. The van der Waals surface area contributed by atoms with Crippen molar-refractivity contribution in [3.63, 3.8) is 0 Å². The number of Topliss-reactive ketones (excluding diaryl/α,β-unsaturated/α-hetero) is 1. The topological polar surface area (TPSA) is 115 Å². The van der Waals surface area contributed by atoms with Crippen LogP contribution in [-0.2, 0) is 9.59 Å². The summed E-state index contributed by atoms with van der Waals surface area (Å²) in [6.07, 6.45) is -4.30.